The first-order valence-corrected chi connectivity index (χ1v) is 7.88. The van der Waals surface area contributed by atoms with Crippen molar-refractivity contribution in [2.75, 3.05) is 7.05 Å². The average Bonchev–Trinajstić information content (AvgIpc) is 3.09. The predicted molar refractivity (Wildman–Crippen MR) is 93.0 cm³/mol. The highest BCUT2D eigenvalue weighted by Crippen LogP contribution is 2.25. The fraction of sp³-hybridized carbons (Fsp3) is 0.167. The minimum Gasteiger partial charge on any atom is -0.371 e. The van der Waals surface area contributed by atoms with E-state index < -0.39 is 17.7 Å². The minimum atomic E-state index is -4.66. The van der Waals surface area contributed by atoms with Crippen LogP contribution in [0.15, 0.2) is 60.1 Å². The van der Waals surface area contributed by atoms with Crippen LogP contribution in [-0.4, -0.2) is 33.4 Å². The van der Waals surface area contributed by atoms with Crippen LogP contribution in [0.25, 0.3) is 5.65 Å². The Kier molecular flexibility index (Phi) is 4.93. The van der Waals surface area contributed by atoms with Crippen LogP contribution in [0.3, 0.4) is 0 Å². The predicted octanol–water partition coefficient (Wildman–Crippen LogP) is 3.50. The summed E-state index contributed by atoms with van der Waals surface area (Å²) >= 11 is 0. The van der Waals surface area contributed by atoms with Crippen molar-refractivity contribution >= 4 is 11.5 Å². The molecule has 0 saturated heterocycles. The van der Waals surface area contributed by atoms with E-state index in [0.29, 0.717) is 16.9 Å². The second-order valence-electron chi connectivity index (χ2n) is 5.65. The second-order valence-corrected chi connectivity index (χ2v) is 5.65. The minimum absolute atomic E-state index is 0.109. The summed E-state index contributed by atoms with van der Waals surface area (Å²) in [7, 11) is 1.43. The normalized spacial score (nSPS) is 12.4. The number of allylic oxidation sites excluding steroid dienone is 1. The Labute approximate surface area is 152 Å². The number of aromatic nitrogens is 3. The molecule has 0 saturated carbocycles. The van der Waals surface area contributed by atoms with Crippen molar-refractivity contribution in [1.29, 1.82) is 0 Å². The van der Waals surface area contributed by atoms with Gasteiger partial charge in [0.05, 0.1) is 5.69 Å². The van der Waals surface area contributed by atoms with Gasteiger partial charge in [0, 0.05) is 32.1 Å². The summed E-state index contributed by atoms with van der Waals surface area (Å²) < 4.78 is 53.9. The number of fused-ring (bicyclic) bond motifs is 1. The summed E-state index contributed by atoms with van der Waals surface area (Å²) in [4.78, 5) is 12.1. The Morgan fingerprint density at radius 3 is 2.70 bits per heavy atom. The number of imidazole rings is 1. The third-order valence-electron chi connectivity index (χ3n) is 3.81. The maximum Gasteiger partial charge on any atom is 0.432 e. The Hall–Kier alpha value is -3.23. The van der Waals surface area contributed by atoms with E-state index in [-0.39, 0.29) is 18.0 Å². The van der Waals surface area contributed by atoms with Gasteiger partial charge in [-0.1, -0.05) is 24.8 Å². The van der Waals surface area contributed by atoms with Gasteiger partial charge in [-0.3, -0.25) is 0 Å². The maximum absolute atomic E-state index is 14.0. The summed E-state index contributed by atoms with van der Waals surface area (Å²) in [6, 6.07) is 6.21. The highest BCUT2D eigenvalue weighted by molar-refractivity contribution is 5.97. The molecule has 0 aliphatic rings. The molecule has 2 aromatic heterocycles. The van der Waals surface area contributed by atoms with Gasteiger partial charge in [-0.05, 0) is 11.6 Å². The van der Waals surface area contributed by atoms with Gasteiger partial charge in [0.2, 0.25) is 0 Å². The van der Waals surface area contributed by atoms with Gasteiger partial charge in [-0.2, -0.15) is 13.2 Å². The molecule has 0 amide bonds. The van der Waals surface area contributed by atoms with Crippen molar-refractivity contribution in [3.05, 3.63) is 77.9 Å². The number of benzene rings is 1. The van der Waals surface area contributed by atoms with Crippen molar-refractivity contribution < 1.29 is 17.6 Å². The Bertz CT molecular complexity index is 1020. The highest BCUT2D eigenvalue weighted by atomic mass is 19.4. The lowest BCUT2D eigenvalue weighted by Crippen LogP contribution is -2.24. The first-order chi connectivity index (χ1) is 12.8. The molecule has 9 heteroatoms. The lowest BCUT2D eigenvalue weighted by molar-refractivity contribution is -0.0919. The molecule has 27 heavy (non-hydrogen) atoms. The lowest BCUT2D eigenvalue weighted by atomic mass is 10.1. The molecule has 0 spiro atoms. The topological polar surface area (TPSA) is 54.6 Å². The number of amidine groups is 1. The molecule has 1 aromatic carbocycles. The molecule has 3 aromatic rings. The lowest BCUT2D eigenvalue weighted by Gasteiger charge is -2.12. The summed E-state index contributed by atoms with van der Waals surface area (Å²) in [6.45, 7) is 2.94. The van der Waals surface area contributed by atoms with Gasteiger partial charge >= 0.3 is 6.18 Å². The first kappa shape index (κ1) is 18.6. The number of nitrogens with one attached hydrogen (secondary N) is 1. The van der Waals surface area contributed by atoms with Gasteiger partial charge in [-0.15, -0.1) is 0 Å². The highest BCUT2D eigenvalue weighted by Gasteiger charge is 2.32. The van der Waals surface area contributed by atoms with Crippen LogP contribution in [0.4, 0.5) is 17.6 Å². The molecule has 0 aliphatic heterocycles. The molecule has 0 bridgehead atoms. The largest absolute Gasteiger partial charge is 0.432 e. The van der Waals surface area contributed by atoms with Crippen LogP contribution in [0.5, 0.6) is 0 Å². The molecular formula is C18H15F4N5. The standard InChI is InChI=1S/C18H15F4N5/c1-11(18(20,21)22)25-16(23-2)15-10-27-8-7-24-17(27)14(26-15)9-12-5-3-4-6-13(12)19/h3-8,10H,1,9H2,2H3,(H,23,25). The number of halogens is 4. The van der Waals surface area contributed by atoms with Crippen LogP contribution in [-0.2, 0) is 6.42 Å². The van der Waals surface area contributed by atoms with E-state index >= 15 is 0 Å². The van der Waals surface area contributed by atoms with Gasteiger partial charge in [-0.25, -0.2) is 19.4 Å². The SMILES string of the molecule is C=C(/N=C(\NC)c1cn2ccnc2c(Cc2ccccc2F)n1)C(F)(F)F. The van der Waals surface area contributed by atoms with Crippen LogP contribution in [0.1, 0.15) is 17.0 Å². The van der Waals surface area contributed by atoms with Crippen LogP contribution in [0.2, 0.25) is 0 Å². The summed E-state index contributed by atoms with van der Waals surface area (Å²) in [5.74, 6) is -0.509. The third kappa shape index (κ3) is 3.97. The van der Waals surface area contributed by atoms with Gasteiger partial charge < -0.3 is 9.72 Å². The third-order valence-corrected chi connectivity index (χ3v) is 3.81. The zero-order valence-electron chi connectivity index (χ0n) is 14.3. The summed E-state index contributed by atoms with van der Waals surface area (Å²) in [5.41, 5.74) is 0.180. The zero-order valence-corrected chi connectivity index (χ0v) is 14.3. The molecule has 5 nitrogen and oxygen atoms in total. The first-order valence-electron chi connectivity index (χ1n) is 7.88. The number of alkyl halides is 3. The Balaban J connectivity index is 2.08. The van der Waals surface area contributed by atoms with Crippen molar-refractivity contribution in [2.45, 2.75) is 12.6 Å². The van der Waals surface area contributed by atoms with Crippen LogP contribution in [0, 0.1) is 5.82 Å². The molecule has 140 valence electrons. The fourth-order valence-electron chi connectivity index (χ4n) is 2.49. The molecule has 0 aliphatic carbocycles. The Morgan fingerprint density at radius 2 is 2.04 bits per heavy atom. The summed E-state index contributed by atoms with van der Waals surface area (Å²) in [6.07, 6.45) is 0.106. The molecule has 0 atom stereocenters. The van der Waals surface area contributed by atoms with Gasteiger partial charge in [0.1, 0.15) is 17.2 Å². The molecule has 1 N–H and O–H groups in total. The monoisotopic (exact) mass is 377 g/mol. The van der Waals surface area contributed by atoms with Crippen molar-refractivity contribution in [1.82, 2.24) is 19.7 Å². The van der Waals surface area contributed by atoms with E-state index in [4.69, 9.17) is 0 Å². The molecule has 2 heterocycles. The van der Waals surface area contributed by atoms with Crippen molar-refractivity contribution in [3.63, 3.8) is 0 Å². The number of aliphatic imine (C=N–C) groups is 1. The second kappa shape index (κ2) is 7.18. The van der Waals surface area contributed by atoms with Gasteiger partial charge in [0.15, 0.2) is 11.5 Å². The molecule has 0 fully saturated rings. The van der Waals surface area contributed by atoms with E-state index in [0.717, 1.165) is 0 Å². The quantitative estimate of drug-likeness (QED) is 0.430. The fourth-order valence-corrected chi connectivity index (χ4v) is 2.49. The Morgan fingerprint density at radius 1 is 1.30 bits per heavy atom. The van der Waals surface area contributed by atoms with Crippen molar-refractivity contribution in [2.24, 2.45) is 4.99 Å². The zero-order chi connectivity index (χ0) is 19.6. The maximum atomic E-state index is 14.0. The van der Waals surface area contributed by atoms with E-state index in [1.54, 1.807) is 28.8 Å². The van der Waals surface area contributed by atoms with Crippen LogP contribution >= 0.6 is 0 Å². The molecule has 0 unspecified atom stereocenters. The van der Waals surface area contributed by atoms with E-state index in [1.165, 1.54) is 25.5 Å². The van der Waals surface area contributed by atoms with Crippen LogP contribution < -0.4 is 5.32 Å². The molecular weight excluding hydrogens is 362 g/mol. The van der Waals surface area contributed by atoms with E-state index in [9.17, 15) is 17.6 Å². The molecule has 3 rings (SSSR count). The smallest absolute Gasteiger partial charge is 0.371 e. The van der Waals surface area contributed by atoms with E-state index in [1.807, 2.05) is 0 Å². The van der Waals surface area contributed by atoms with Crippen molar-refractivity contribution in [3.8, 4) is 0 Å². The number of hydrogen-bond donors (Lipinski definition) is 1. The van der Waals surface area contributed by atoms with E-state index in [2.05, 4.69) is 26.9 Å². The summed E-state index contributed by atoms with van der Waals surface area (Å²) in [5, 5.41) is 2.60. The van der Waals surface area contributed by atoms with Gasteiger partial charge in [0.25, 0.3) is 0 Å². The molecule has 0 radical (unpaired) electrons. The number of nitrogens with zero attached hydrogens (tertiary/aromatic N) is 4. The number of rotatable bonds is 4. The number of hydrogen-bond acceptors (Lipinski definition) is 3. The average molecular weight is 377 g/mol.